The number of nitrogen functional groups attached to an aromatic ring is 1. The fourth-order valence-electron chi connectivity index (χ4n) is 1.87. The van der Waals surface area contributed by atoms with Gasteiger partial charge in [-0.1, -0.05) is 13.8 Å². The van der Waals surface area contributed by atoms with Gasteiger partial charge in [-0.2, -0.15) is 4.98 Å². The van der Waals surface area contributed by atoms with Crippen molar-refractivity contribution < 1.29 is 0 Å². The second-order valence-corrected chi connectivity index (χ2v) is 5.76. The zero-order valence-corrected chi connectivity index (χ0v) is 13.0. The molecule has 2 heterocycles. The topological polar surface area (TPSA) is 79.1 Å². The van der Waals surface area contributed by atoms with Crippen LogP contribution in [0.15, 0.2) is 6.07 Å². The number of hydrogen-bond donors (Lipinski definition) is 3. The average molecular weight is 294 g/mol. The molecule has 110 valence electrons. The molecule has 0 amide bonds. The fourth-order valence-corrected chi connectivity index (χ4v) is 2.84. The molecule has 0 unspecified atom stereocenters. The summed E-state index contributed by atoms with van der Waals surface area (Å²) in [5.74, 6) is 6.74. The van der Waals surface area contributed by atoms with Crippen LogP contribution < -0.4 is 16.6 Å². The van der Waals surface area contributed by atoms with Crippen LogP contribution in [-0.2, 0) is 6.42 Å². The molecule has 0 aromatic carbocycles. The second kappa shape index (κ2) is 6.83. The van der Waals surface area contributed by atoms with Gasteiger partial charge in [0.25, 0.3) is 0 Å². The zero-order chi connectivity index (χ0) is 14.5. The summed E-state index contributed by atoms with van der Waals surface area (Å²) in [6.45, 7) is 7.14. The predicted molar refractivity (Wildman–Crippen MR) is 86.3 cm³/mol. The van der Waals surface area contributed by atoms with Gasteiger partial charge in [0.1, 0.15) is 10.6 Å². The molecule has 0 saturated heterocycles. The Morgan fingerprint density at radius 3 is 2.80 bits per heavy atom. The number of aromatic nitrogens is 2. The minimum absolute atomic E-state index is 0.452. The highest BCUT2D eigenvalue weighted by Gasteiger charge is 2.10. The summed E-state index contributed by atoms with van der Waals surface area (Å²) < 4.78 is 0. The summed E-state index contributed by atoms with van der Waals surface area (Å²) in [5, 5.41) is 4.46. The van der Waals surface area contributed by atoms with Crippen molar-refractivity contribution in [3.63, 3.8) is 0 Å². The summed E-state index contributed by atoms with van der Waals surface area (Å²) in [4.78, 5) is 13.3. The fraction of sp³-hybridized carbons (Fsp3) is 0.538. The molecule has 0 spiro atoms. The largest absolute Gasteiger partial charge is 0.368 e. The Balaban J connectivity index is 2.23. The first-order valence-corrected chi connectivity index (χ1v) is 7.69. The lowest BCUT2D eigenvalue weighted by atomic mass is 10.3. The van der Waals surface area contributed by atoms with Gasteiger partial charge < -0.3 is 10.2 Å². The molecule has 0 bridgehead atoms. The molecule has 0 saturated carbocycles. The smallest absolute Gasteiger partial charge is 0.240 e. The van der Waals surface area contributed by atoms with Crippen molar-refractivity contribution in [1.29, 1.82) is 0 Å². The molecule has 0 radical (unpaired) electrons. The Labute approximate surface area is 123 Å². The van der Waals surface area contributed by atoms with E-state index in [2.05, 4.69) is 52.6 Å². The number of hydrazine groups is 1. The number of nitrogens with one attached hydrogen (secondary N) is 2. The number of thiophene rings is 1. The van der Waals surface area contributed by atoms with E-state index in [1.807, 2.05) is 0 Å². The van der Waals surface area contributed by atoms with Crippen LogP contribution in [0.4, 0.5) is 11.8 Å². The molecular formula is C13H22N6S. The minimum Gasteiger partial charge on any atom is -0.368 e. The van der Waals surface area contributed by atoms with Crippen molar-refractivity contribution in [3.8, 4) is 0 Å². The molecule has 0 aliphatic carbocycles. The van der Waals surface area contributed by atoms with Crippen LogP contribution in [0.2, 0.25) is 0 Å². The van der Waals surface area contributed by atoms with Crippen molar-refractivity contribution in [1.82, 2.24) is 14.9 Å². The quantitative estimate of drug-likeness (QED) is 0.535. The van der Waals surface area contributed by atoms with E-state index in [1.54, 1.807) is 11.3 Å². The maximum absolute atomic E-state index is 5.44. The monoisotopic (exact) mass is 294 g/mol. The molecule has 6 nitrogen and oxygen atoms in total. The molecule has 20 heavy (non-hydrogen) atoms. The van der Waals surface area contributed by atoms with Crippen molar-refractivity contribution >= 4 is 33.3 Å². The van der Waals surface area contributed by atoms with E-state index >= 15 is 0 Å². The highest BCUT2D eigenvalue weighted by Crippen LogP contribution is 2.30. The van der Waals surface area contributed by atoms with E-state index in [1.165, 1.54) is 4.88 Å². The van der Waals surface area contributed by atoms with E-state index in [-0.39, 0.29) is 0 Å². The highest BCUT2D eigenvalue weighted by atomic mass is 32.1. The molecule has 7 heteroatoms. The summed E-state index contributed by atoms with van der Waals surface area (Å²) in [5.41, 5.74) is 2.53. The van der Waals surface area contributed by atoms with Crippen LogP contribution in [0.3, 0.4) is 0 Å². The third-order valence-corrected chi connectivity index (χ3v) is 4.42. The molecule has 0 aliphatic rings. The Hall–Kier alpha value is -1.44. The minimum atomic E-state index is 0.452. The second-order valence-electron chi connectivity index (χ2n) is 4.65. The van der Waals surface area contributed by atoms with E-state index in [0.29, 0.717) is 5.95 Å². The zero-order valence-electron chi connectivity index (χ0n) is 12.2. The van der Waals surface area contributed by atoms with Crippen LogP contribution in [0, 0.1) is 0 Å². The van der Waals surface area contributed by atoms with Crippen LogP contribution in [0.5, 0.6) is 0 Å². The number of nitrogens with two attached hydrogens (primary N) is 1. The van der Waals surface area contributed by atoms with Crippen molar-refractivity contribution in [2.24, 2.45) is 5.84 Å². The molecule has 2 rings (SSSR count). The van der Waals surface area contributed by atoms with Gasteiger partial charge >= 0.3 is 0 Å². The average Bonchev–Trinajstić information content (AvgIpc) is 2.89. The number of likely N-dealkylation sites (N-methyl/N-ethyl adjacent to an activating group) is 1. The highest BCUT2D eigenvalue weighted by molar-refractivity contribution is 7.18. The van der Waals surface area contributed by atoms with E-state index in [9.17, 15) is 0 Å². The lowest BCUT2D eigenvalue weighted by Crippen LogP contribution is -2.25. The number of hydrogen-bond acceptors (Lipinski definition) is 7. The van der Waals surface area contributed by atoms with Gasteiger partial charge in [-0.05, 0) is 26.1 Å². The molecule has 0 atom stereocenters. The number of aryl methyl sites for hydroxylation is 1. The molecule has 2 aromatic rings. The Morgan fingerprint density at radius 1 is 1.35 bits per heavy atom. The molecule has 0 fully saturated rings. The van der Waals surface area contributed by atoms with Crippen molar-refractivity contribution in [2.45, 2.75) is 20.3 Å². The maximum Gasteiger partial charge on any atom is 0.240 e. The first-order valence-electron chi connectivity index (χ1n) is 6.87. The first kappa shape index (κ1) is 15.0. The van der Waals surface area contributed by atoms with Crippen molar-refractivity contribution in [3.05, 3.63) is 10.9 Å². The first-order chi connectivity index (χ1) is 9.67. The van der Waals surface area contributed by atoms with Gasteiger partial charge in [-0.25, -0.2) is 10.8 Å². The number of fused-ring (bicyclic) bond motifs is 1. The Bertz CT molecular complexity index is 567. The van der Waals surface area contributed by atoms with Crippen LogP contribution >= 0.6 is 11.3 Å². The Morgan fingerprint density at radius 2 is 2.15 bits per heavy atom. The van der Waals surface area contributed by atoms with Gasteiger partial charge in [-0.3, -0.25) is 5.43 Å². The van der Waals surface area contributed by atoms with E-state index in [0.717, 1.165) is 42.1 Å². The van der Waals surface area contributed by atoms with Gasteiger partial charge in [0, 0.05) is 18.0 Å². The third-order valence-electron chi connectivity index (χ3n) is 3.25. The summed E-state index contributed by atoms with van der Waals surface area (Å²) >= 11 is 1.69. The SMILES string of the molecule is CCc1cc2c(NCCN(C)CC)nc(NN)nc2s1. The van der Waals surface area contributed by atoms with Gasteiger partial charge in [0.2, 0.25) is 5.95 Å². The molecule has 0 aliphatic heterocycles. The lowest BCUT2D eigenvalue weighted by Gasteiger charge is -2.14. The van der Waals surface area contributed by atoms with E-state index < -0.39 is 0 Å². The molecular weight excluding hydrogens is 272 g/mol. The normalized spacial score (nSPS) is 11.2. The van der Waals surface area contributed by atoms with Gasteiger partial charge in [-0.15, -0.1) is 11.3 Å². The number of anilines is 2. The molecule has 4 N–H and O–H groups in total. The lowest BCUT2D eigenvalue weighted by molar-refractivity contribution is 0.367. The summed E-state index contributed by atoms with van der Waals surface area (Å²) in [6, 6.07) is 2.16. The Kier molecular flexibility index (Phi) is 5.11. The maximum atomic E-state index is 5.44. The number of nitrogens with zero attached hydrogens (tertiary/aromatic N) is 3. The summed E-state index contributed by atoms with van der Waals surface area (Å²) in [7, 11) is 2.10. The third kappa shape index (κ3) is 3.36. The van der Waals surface area contributed by atoms with Crippen LogP contribution in [0.25, 0.3) is 10.2 Å². The van der Waals surface area contributed by atoms with Gasteiger partial charge in [0.15, 0.2) is 0 Å². The van der Waals surface area contributed by atoms with Crippen molar-refractivity contribution in [2.75, 3.05) is 37.4 Å². The van der Waals surface area contributed by atoms with Gasteiger partial charge in [0.05, 0.1) is 5.39 Å². The number of rotatable bonds is 7. The van der Waals surface area contributed by atoms with Crippen LogP contribution in [0.1, 0.15) is 18.7 Å². The molecule has 2 aromatic heterocycles. The van der Waals surface area contributed by atoms with E-state index in [4.69, 9.17) is 5.84 Å². The van der Waals surface area contributed by atoms with Crippen LogP contribution in [-0.4, -0.2) is 41.5 Å². The predicted octanol–water partition coefficient (Wildman–Crippen LogP) is 1.90. The summed E-state index contributed by atoms with van der Waals surface area (Å²) in [6.07, 6.45) is 1.00. The standard InChI is InChI=1S/C13H22N6S/c1-4-9-8-10-11(15-6-7-19(3)5-2)16-13(18-14)17-12(10)20-9/h8H,4-7,14H2,1-3H3,(H2,15,16,17,18).